The SMILES string of the molecule is COc1ccc(F)c(Br)n1. The summed E-state index contributed by atoms with van der Waals surface area (Å²) < 4.78 is 17.4. The Morgan fingerprint density at radius 1 is 1.60 bits per heavy atom. The second kappa shape index (κ2) is 2.96. The van der Waals surface area contributed by atoms with Crippen LogP contribution in [0.4, 0.5) is 4.39 Å². The molecule has 4 heteroatoms. The van der Waals surface area contributed by atoms with E-state index in [1.54, 1.807) is 0 Å². The average Bonchev–Trinajstić information content (AvgIpc) is 1.95. The first-order valence-electron chi connectivity index (χ1n) is 2.60. The quantitative estimate of drug-likeness (QED) is 0.655. The molecule has 10 heavy (non-hydrogen) atoms. The van der Waals surface area contributed by atoms with Gasteiger partial charge in [-0.15, -0.1) is 0 Å². The van der Waals surface area contributed by atoms with E-state index in [0.29, 0.717) is 5.88 Å². The number of rotatable bonds is 1. The van der Waals surface area contributed by atoms with Gasteiger partial charge in [0.05, 0.1) is 7.11 Å². The van der Waals surface area contributed by atoms with E-state index in [9.17, 15) is 4.39 Å². The smallest absolute Gasteiger partial charge is 0.214 e. The number of methoxy groups -OCH3 is 1. The second-order valence-electron chi connectivity index (χ2n) is 1.63. The van der Waals surface area contributed by atoms with Gasteiger partial charge in [-0.25, -0.2) is 9.37 Å². The summed E-state index contributed by atoms with van der Waals surface area (Å²) in [6.45, 7) is 0. The summed E-state index contributed by atoms with van der Waals surface area (Å²) in [6, 6.07) is 2.75. The third-order valence-electron chi connectivity index (χ3n) is 0.987. The standard InChI is InChI=1S/C6H5BrFNO/c1-10-5-3-2-4(8)6(7)9-5/h2-3H,1H3. The highest BCUT2D eigenvalue weighted by molar-refractivity contribution is 9.10. The molecule has 1 aromatic rings. The fourth-order valence-corrected chi connectivity index (χ4v) is 0.821. The fraction of sp³-hybridized carbons (Fsp3) is 0.167. The predicted molar refractivity (Wildman–Crippen MR) is 38.4 cm³/mol. The van der Waals surface area contributed by atoms with Crippen molar-refractivity contribution in [2.75, 3.05) is 7.11 Å². The summed E-state index contributed by atoms with van der Waals surface area (Å²) in [5.74, 6) is 0.00840. The van der Waals surface area contributed by atoms with Crippen LogP contribution in [-0.4, -0.2) is 12.1 Å². The lowest BCUT2D eigenvalue weighted by Crippen LogP contribution is -1.89. The highest BCUT2D eigenvalue weighted by Gasteiger charge is 2.00. The molecule has 0 unspecified atom stereocenters. The Labute approximate surface area is 66.2 Å². The Bertz CT molecular complexity index is 241. The van der Waals surface area contributed by atoms with Crippen molar-refractivity contribution in [3.05, 3.63) is 22.6 Å². The number of nitrogens with zero attached hydrogens (tertiary/aromatic N) is 1. The van der Waals surface area contributed by atoms with Crippen LogP contribution in [0.15, 0.2) is 16.7 Å². The van der Waals surface area contributed by atoms with Crippen LogP contribution >= 0.6 is 15.9 Å². The van der Waals surface area contributed by atoms with Gasteiger partial charge in [0.15, 0.2) is 5.82 Å². The number of ether oxygens (including phenoxy) is 1. The Balaban J connectivity index is 3.04. The molecule has 54 valence electrons. The maximum atomic E-state index is 12.5. The topological polar surface area (TPSA) is 22.1 Å². The summed E-state index contributed by atoms with van der Waals surface area (Å²) in [4.78, 5) is 3.71. The Morgan fingerprint density at radius 3 is 2.80 bits per heavy atom. The number of halogens is 2. The summed E-state index contributed by atoms with van der Waals surface area (Å²) in [5, 5.41) is 0. The monoisotopic (exact) mass is 205 g/mol. The van der Waals surface area contributed by atoms with Gasteiger partial charge in [0.1, 0.15) is 4.60 Å². The van der Waals surface area contributed by atoms with Crippen molar-refractivity contribution in [3.63, 3.8) is 0 Å². The van der Waals surface area contributed by atoms with Crippen molar-refractivity contribution in [3.8, 4) is 5.88 Å². The van der Waals surface area contributed by atoms with Gasteiger partial charge in [0, 0.05) is 6.07 Å². The molecular formula is C6H5BrFNO. The molecule has 0 fully saturated rings. The van der Waals surface area contributed by atoms with Crippen LogP contribution in [0.1, 0.15) is 0 Å². The van der Waals surface area contributed by atoms with E-state index in [2.05, 4.69) is 20.9 Å². The van der Waals surface area contributed by atoms with E-state index in [4.69, 9.17) is 4.74 Å². The number of aromatic nitrogens is 1. The van der Waals surface area contributed by atoms with E-state index in [0.717, 1.165) is 0 Å². The highest BCUT2D eigenvalue weighted by atomic mass is 79.9. The molecule has 0 aliphatic carbocycles. The summed E-state index contributed by atoms with van der Waals surface area (Å²) in [6.07, 6.45) is 0. The van der Waals surface area contributed by atoms with Crippen molar-refractivity contribution >= 4 is 15.9 Å². The third-order valence-corrected chi connectivity index (χ3v) is 1.54. The fourth-order valence-electron chi connectivity index (χ4n) is 0.514. The molecule has 0 bridgehead atoms. The molecule has 0 aliphatic heterocycles. The third kappa shape index (κ3) is 1.44. The molecule has 0 aromatic carbocycles. The maximum Gasteiger partial charge on any atom is 0.214 e. The van der Waals surface area contributed by atoms with Crippen molar-refractivity contribution in [2.45, 2.75) is 0 Å². The van der Waals surface area contributed by atoms with E-state index in [-0.39, 0.29) is 10.4 Å². The Hall–Kier alpha value is -0.640. The van der Waals surface area contributed by atoms with Crippen LogP contribution in [0.25, 0.3) is 0 Å². The number of hydrogen-bond acceptors (Lipinski definition) is 2. The zero-order valence-electron chi connectivity index (χ0n) is 5.27. The molecule has 0 aliphatic rings. The molecule has 0 saturated heterocycles. The van der Waals surface area contributed by atoms with Crippen molar-refractivity contribution in [1.29, 1.82) is 0 Å². The van der Waals surface area contributed by atoms with E-state index < -0.39 is 0 Å². The van der Waals surface area contributed by atoms with E-state index in [1.165, 1.54) is 19.2 Å². The van der Waals surface area contributed by atoms with Gasteiger partial charge in [-0.2, -0.15) is 0 Å². The zero-order valence-corrected chi connectivity index (χ0v) is 6.85. The minimum atomic E-state index is -0.388. The lowest BCUT2D eigenvalue weighted by atomic mass is 10.5. The Morgan fingerprint density at radius 2 is 2.30 bits per heavy atom. The van der Waals surface area contributed by atoms with Gasteiger partial charge in [0.25, 0.3) is 0 Å². The minimum absolute atomic E-state index is 0.173. The summed E-state index contributed by atoms with van der Waals surface area (Å²) in [5.41, 5.74) is 0. The van der Waals surface area contributed by atoms with Crippen molar-refractivity contribution in [2.24, 2.45) is 0 Å². The van der Waals surface area contributed by atoms with Crippen LogP contribution in [0.3, 0.4) is 0 Å². The minimum Gasteiger partial charge on any atom is -0.481 e. The molecule has 0 radical (unpaired) electrons. The van der Waals surface area contributed by atoms with Crippen molar-refractivity contribution in [1.82, 2.24) is 4.98 Å². The lowest BCUT2D eigenvalue weighted by molar-refractivity contribution is 0.394. The Kier molecular flexibility index (Phi) is 2.21. The van der Waals surface area contributed by atoms with Crippen LogP contribution in [0.5, 0.6) is 5.88 Å². The molecule has 1 heterocycles. The van der Waals surface area contributed by atoms with E-state index >= 15 is 0 Å². The molecule has 1 rings (SSSR count). The first kappa shape index (κ1) is 7.47. The molecule has 0 amide bonds. The van der Waals surface area contributed by atoms with E-state index in [1.807, 2.05) is 0 Å². The van der Waals surface area contributed by atoms with Crippen LogP contribution in [0, 0.1) is 5.82 Å². The highest BCUT2D eigenvalue weighted by Crippen LogP contribution is 2.15. The molecule has 0 spiro atoms. The van der Waals surface area contributed by atoms with Crippen LogP contribution in [-0.2, 0) is 0 Å². The summed E-state index contributed by atoms with van der Waals surface area (Å²) >= 11 is 2.92. The first-order chi connectivity index (χ1) is 4.74. The first-order valence-corrected chi connectivity index (χ1v) is 3.39. The lowest BCUT2D eigenvalue weighted by Gasteiger charge is -1.97. The second-order valence-corrected chi connectivity index (χ2v) is 2.38. The molecular weight excluding hydrogens is 201 g/mol. The van der Waals surface area contributed by atoms with Crippen LogP contribution in [0.2, 0.25) is 0 Å². The molecule has 0 saturated carbocycles. The molecule has 0 N–H and O–H groups in total. The average molecular weight is 206 g/mol. The van der Waals surface area contributed by atoms with Gasteiger partial charge in [-0.1, -0.05) is 0 Å². The molecule has 1 aromatic heterocycles. The van der Waals surface area contributed by atoms with Gasteiger partial charge in [-0.3, -0.25) is 0 Å². The predicted octanol–water partition coefficient (Wildman–Crippen LogP) is 1.99. The summed E-state index contributed by atoms with van der Waals surface area (Å²) in [7, 11) is 1.48. The largest absolute Gasteiger partial charge is 0.481 e. The van der Waals surface area contributed by atoms with Gasteiger partial charge < -0.3 is 4.74 Å². The van der Waals surface area contributed by atoms with Gasteiger partial charge in [-0.05, 0) is 22.0 Å². The number of pyridine rings is 1. The van der Waals surface area contributed by atoms with Gasteiger partial charge in [0.2, 0.25) is 5.88 Å². The number of hydrogen-bond donors (Lipinski definition) is 0. The molecule has 0 atom stereocenters. The van der Waals surface area contributed by atoms with Crippen LogP contribution < -0.4 is 4.74 Å². The van der Waals surface area contributed by atoms with Crippen molar-refractivity contribution < 1.29 is 9.13 Å². The normalized spacial score (nSPS) is 9.50. The zero-order chi connectivity index (χ0) is 7.56. The molecule has 2 nitrogen and oxygen atoms in total. The van der Waals surface area contributed by atoms with Gasteiger partial charge >= 0.3 is 0 Å². The maximum absolute atomic E-state index is 12.5.